The lowest BCUT2D eigenvalue weighted by Gasteiger charge is -2.22. The number of nitrogens with one attached hydrogen (secondary N) is 1. The molecule has 1 fully saturated rings. The van der Waals surface area contributed by atoms with E-state index in [4.69, 9.17) is 0 Å². The SMILES string of the molecule is CCCNCc1ccccc1CN(C)CCN1CCCC1. The number of hydrogen-bond donors (Lipinski definition) is 1. The topological polar surface area (TPSA) is 18.5 Å². The fourth-order valence-electron chi connectivity index (χ4n) is 2.97. The van der Waals surface area contributed by atoms with Gasteiger partial charge in [-0.3, -0.25) is 0 Å². The quantitative estimate of drug-likeness (QED) is 0.705. The highest BCUT2D eigenvalue weighted by molar-refractivity contribution is 5.26. The van der Waals surface area contributed by atoms with Gasteiger partial charge in [-0.1, -0.05) is 31.2 Å². The van der Waals surface area contributed by atoms with Crippen LogP contribution in [0.3, 0.4) is 0 Å². The lowest BCUT2D eigenvalue weighted by atomic mass is 10.1. The Morgan fingerprint density at radius 2 is 1.86 bits per heavy atom. The van der Waals surface area contributed by atoms with Gasteiger partial charge >= 0.3 is 0 Å². The van der Waals surface area contributed by atoms with Crippen molar-refractivity contribution in [1.82, 2.24) is 15.1 Å². The molecule has 2 rings (SSSR count). The van der Waals surface area contributed by atoms with Crippen LogP contribution < -0.4 is 5.32 Å². The van der Waals surface area contributed by atoms with Crippen molar-refractivity contribution < 1.29 is 0 Å². The number of nitrogens with zero attached hydrogens (tertiary/aromatic N) is 2. The lowest BCUT2D eigenvalue weighted by Crippen LogP contribution is -2.31. The van der Waals surface area contributed by atoms with Crippen LogP contribution in [-0.2, 0) is 13.1 Å². The fraction of sp³-hybridized carbons (Fsp3) is 0.667. The molecule has 3 nitrogen and oxygen atoms in total. The second kappa shape index (κ2) is 9.19. The third-order valence-corrected chi connectivity index (χ3v) is 4.30. The van der Waals surface area contributed by atoms with E-state index in [1.54, 1.807) is 0 Å². The third kappa shape index (κ3) is 5.77. The van der Waals surface area contributed by atoms with Gasteiger partial charge in [-0.2, -0.15) is 0 Å². The van der Waals surface area contributed by atoms with Crippen LogP contribution in [0.5, 0.6) is 0 Å². The summed E-state index contributed by atoms with van der Waals surface area (Å²) in [5.74, 6) is 0. The van der Waals surface area contributed by atoms with Crippen LogP contribution in [0.15, 0.2) is 24.3 Å². The van der Waals surface area contributed by atoms with E-state index in [2.05, 4.69) is 53.4 Å². The van der Waals surface area contributed by atoms with Crippen LogP contribution in [0.25, 0.3) is 0 Å². The molecule has 1 saturated heterocycles. The van der Waals surface area contributed by atoms with Crippen molar-refractivity contribution in [3.63, 3.8) is 0 Å². The molecule has 0 aliphatic carbocycles. The van der Waals surface area contributed by atoms with Gasteiger partial charge in [-0.15, -0.1) is 0 Å². The molecule has 0 saturated carbocycles. The summed E-state index contributed by atoms with van der Waals surface area (Å²) in [5.41, 5.74) is 2.91. The molecule has 0 aromatic heterocycles. The van der Waals surface area contributed by atoms with Crippen LogP contribution >= 0.6 is 0 Å². The van der Waals surface area contributed by atoms with E-state index in [1.807, 2.05) is 0 Å². The number of likely N-dealkylation sites (tertiary alicyclic amines) is 1. The number of likely N-dealkylation sites (N-methyl/N-ethyl adjacent to an activating group) is 1. The molecule has 21 heavy (non-hydrogen) atoms. The van der Waals surface area contributed by atoms with Gasteiger partial charge in [0.2, 0.25) is 0 Å². The molecule has 0 atom stereocenters. The average molecular weight is 289 g/mol. The van der Waals surface area contributed by atoms with E-state index in [-0.39, 0.29) is 0 Å². The fourth-order valence-corrected chi connectivity index (χ4v) is 2.97. The largest absolute Gasteiger partial charge is 0.313 e. The van der Waals surface area contributed by atoms with Crippen LogP contribution in [0.2, 0.25) is 0 Å². The normalized spacial score (nSPS) is 16.0. The van der Waals surface area contributed by atoms with Crippen molar-refractivity contribution in [2.24, 2.45) is 0 Å². The highest BCUT2D eigenvalue weighted by Crippen LogP contribution is 2.12. The van der Waals surface area contributed by atoms with Crippen molar-refractivity contribution in [1.29, 1.82) is 0 Å². The maximum Gasteiger partial charge on any atom is 0.0234 e. The average Bonchev–Trinajstić information content (AvgIpc) is 3.00. The standard InChI is InChI=1S/C18H31N3/c1-3-10-19-15-17-8-4-5-9-18(17)16-20(2)13-14-21-11-6-7-12-21/h4-5,8-9,19H,3,6-7,10-16H2,1-2H3. The van der Waals surface area contributed by atoms with Crippen LogP contribution in [0.4, 0.5) is 0 Å². The second-order valence-corrected chi connectivity index (χ2v) is 6.23. The maximum absolute atomic E-state index is 3.52. The summed E-state index contributed by atoms with van der Waals surface area (Å²) in [5, 5.41) is 3.52. The zero-order valence-corrected chi connectivity index (χ0v) is 13.8. The Kier molecular flexibility index (Phi) is 7.20. The van der Waals surface area contributed by atoms with Gasteiger partial charge in [0.15, 0.2) is 0 Å². The van der Waals surface area contributed by atoms with Crippen LogP contribution in [0, 0.1) is 0 Å². The first-order valence-electron chi connectivity index (χ1n) is 8.48. The Morgan fingerprint density at radius 3 is 2.57 bits per heavy atom. The lowest BCUT2D eigenvalue weighted by molar-refractivity contribution is 0.252. The van der Waals surface area contributed by atoms with Crippen molar-refractivity contribution in [2.45, 2.75) is 39.3 Å². The van der Waals surface area contributed by atoms with Gasteiger partial charge in [0.25, 0.3) is 0 Å². The molecule has 0 radical (unpaired) electrons. The van der Waals surface area contributed by atoms with E-state index >= 15 is 0 Å². The summed E-state index contributed by atoms with van der Waals surface area (Å²) in [7, 11) is 2.24. The molecule has 1 aliphatic heterocycles. The number of rotatable bonds is 9. The van der Waals surface area contributed by atoms with Gasteiger partial charge in [-0.05, 0) is 57.1 Å². The van der Waals surface area contributed by atoms with Crippen molar-refractivity contribution in [2.75, 3.05) is 39.8 Å². The molecule has 1 N–H and O–H groups in total. The van der Waals surface area contributed by atoms with Crippen molar-refractivity contribution in [3.05, 3.63) is 35.4 Å². The smallest absolute Gasteiger partial charge is 0.0234 e. The Labute approximate surface area is 130 Å². The second-order valence-electron chi connectivity index (χ2n) is 6.23. The van der Waals surface area contributed by atoms with E-state index in [1.165, 1.54) is 50.0 Å². The monoisotopic (exact) mass is 289 g/mol. The van der Waals surface area contributed by atoms with Gasteiger partial charge < -0.3 is 15.1 Å². The first-order valence-corrected chi connectivity index (χ1v) is 8.48. The molecule has 3 heteroatoms. The minimum atomic E-state index is 0.990. The van der Waals surface area contributed by atoms with E-state index < -0.39 is 0 Å². The highest BCUT2D eigenvalue weighted by Gasteiger charge is 2.12. The minimum absolute atomic E-state index is 0.990. The van der Waals surface area contributed by atoms with Crippen molar-refractivity contribution in [3.8, 4) is 0 Å². The van der Waals surface area contributed by atoms with E-state index in [0.717, 1.165) is 26.2 Å². The molecular formula is C18H31N3. The van der Waals surface area contributed by atoms with Crippen molar-refractivity contribution >= 4 is 0 Å². The molecule has 0 amide bonds. The Balaban J connectivity index is 1.79. The summed E-state index contributed by atoms with van der Waals surface area (Å²) < 4.78 is 0. The summed E-state index contributed by atoms with van der Waals surface area (Å²) in [6.45, 7) is 10.3. The Hall–Kier alpha value is -0.900. The minimum Gasteiger partial charge on any atom is -0.313 e. The summed E-state index contributed by atoms with van der Waals surface area (Å²) in [6, 6.07) is 8.84. The van der Waals surface area contributed by atoms with Gasteiger partial charge in [0.05, 0.1) is 0 Å². The molecule has 1 aromatic carbocycles. The van der Waals surface area contributed by atoms with Gasteiger partial charge in [0, 0.05) is 26.2 Å². The first-order chi connectivity index (χ1) is 10.3. The van der Waals surface area contributed by atoms with E-state index in [0.29, 0.717) is 0 Å². The Bertz CT molecular complexity index is 399. The zero-order chi connectivity index (χ0) is 14.9. The molecule has 1 aliphatic rings. The number of hydrogen-bond acceptors (Lipinski definition) is 3. The molecule has 0 unspecified atom stereocenters. The molecule has 1 aromatic rings. The van der Waals surface area contributed by atoms with E-state index in [9.17, 15) is 0 Å². The maximum atomic E-state index is 3.52. The molecule has 0 spiro atoms. The highest BCUT2D eigenvalue weighted by atomic mass is 15.2. The zero-order valence-electron chi connectivity index (χ0n) is 13.8. The summed E-state index contributed by atoms with van der Waals surface area (Å²) >= 11 is 0. The Morgan fingerprint density at radius 1 is 1.14 bits per heavy atom. The molecule has 118 valence electrons. The van der Waals surface area contributed by atoms with Gasteiger partial charge in [0.1, 0.15) is 0 Å². The van der Waals surface area contributed by atoms with Crippen LogP contribution in [0.1, 0.15) is 37.3 Å². The summed E-state index contributed by atoms with van der Waals surface area (Å²) in [4.78, 5) is 5.04. The molecular weight excluding hydrogens is 258 g/mol. The molecule has 1 heterocycles. The number of benzene rings is 1. The summed E-state index contributed by atoms with van der Waals surface area (Å²) in [6.07, 6.45) is 3.96. The first kappa shape index (κ1) is 16.5. The molecule has 0 bridgehead atoms. The van der Waals surface area contributed by atoms with Crippen LogP contribution in [-0.4, -0.2) is 49.6 Å². The predicted molar refractivity (Wildman–Crippen MR) is 90.4 cm³/mol. The predicted octanol–water partition coefficient (Wildman–Crippen LogP) is 2.71. The van der Waals surface area contributed by atoms with Gasteiger partial charge in [-0.25, -0.2) is 0 Å². The third-order valence-electron chi connectivity index (χ3n) is 4.30.